The van der Waals surface area contributed by atoms with E-state index in [2.05, 4.69) is 12.6 Å². The van der Waals surface area contributed by atoms with E-state index in [-0.39, 0.29) is 16.2 Å². The summed E-state index contributed by atoms with van der Waals surface area (Å²) in [4.78, 5) is 62.0. The molecule has 1 aromatic heterocycles. The Bertz CT molecular complexity index is 1570. The third-order valence-corrected chi connectivity index (χ3v) is 6.65. The van der Waals surface area contributed by atoms with Crippen LogP contribution in [0.3, 0.4) is 0 Å². The minimum Gasteiger partial charge on any atom is -0.497 e. The van der Waals surface area contributed by atoms with Crippen LogP contribution in [0.4, 0.5) is 0 Å². The summed E-state index contributed by atoms with van der Waals surface area (Å²) in [6.45, 7) is 3.70. The summed E-state index contributed by atoms with van der Waals surface area (Å²) in [6, 6.07) is 10.00. The van der Waals surface area contributed by atoms with Gasteiger partial charge < -0.3 is 28.4 Å². The maximum absolute atomic E-state index is 14.0. The highest BCUT2D eigenvalue weighted by molar-refractivity contribution is 7.80. The molecule has 14 nitrogen and oxygen atoms in total. The van der Waals surface area contributed by atoms with Gasteiger partial charge in [0.15, 0.2) is 24.5 Å². The van der Waals surface area contributed by atoms with Crippen molar-refractivity contribution in [3.05, 3.63) is 45.7 Å². The summed E-state index contributed by atoms with van der Waals surface area (Å²) in [5.74, 6) is -2.87. The van der Waals surface area contributed by atoms with Gasteiger partial charge in [-0.1, -0.05) is 12.1 Å². The van der Waals surface area contributed by atoms with E-state index in [0.717, 1.165) is 32.3 Å². The molecule has 5 atom stereocenters. The van der Waals surface area contributed by atoms with E-state index in [1.54, 1.807) is 24.3 Å². The number of thiol groups is 1. The average Bonchev–Trinajstić information content (AvgIpc) is 2.94. The Morgan fingerprint density at radius 1 is 0.860 bits per heavy atom. The molecule has 0 N–H and O–H groups in total. The van der Waals surface area contributed by atoms with Crippen molar-refractivity contribution in [3.8, 4) is 29.0 Å². The molecule has 226 valence electrons. The number of carbonyl (C=O) groups excluding carboxylic acids is 4. The molecule has 0 spiro atoms. The van der Waals surface area contributed by atoms with E-state index in [1.807, 2.05) is 12.1 Å². The van der Waals surface area contributed by atoms with Crippen molar-refractivity contribution in [2.24, 2.45) is 0 Å². The van der Waals surface area contributed by atoms with Gasteiger partial charge in [-0.3, -0.25) is 28.5 Å². The quantitative estimate of drug-likeness (QED) is 0.258. The predicted molar refractivity (Wildman–Crippen MR) is 147 cm³/mol. The monoisotopic (exact) mass is 613 g/mol. The smallest absolute Gasteiger partial charge is 0.303 e. The molecular formula is C28H27N3O11S. The van der Waals surface area contributed by atoms with Crippen molar-refractivity contribution < 1.29 is 47.6 Å². The first kappa shape index (κ1) is 32.7. The number of hydrogen-bond acceptors (Lipinski definition) is 14. The second-order valence-electron chi connectivity index (χ2n) is 9.17. The number of rotatable bonds is 8. The van der Waals surface area contributed by atoms with E-state index in [4.69, 9.17) is 28.4 Å². The van der Waals surface area contributed by atoms with Crippen LogP contribution in [-0.2, 0) is 42.9 Å². The number of nitrogens with zero attached hydrogens (tertiary/aromatic N) is 3. The molecular weight excluding hydrogens is 586 g/mol. The van der Waals surface area contributed by atoms with E-state index in [0.29, 0.717) is 11.3 Å². The molecule has 0 saturated carbocycles. The Hall–Kier alpha value is -4.86. The van der Waals surface area contributed by atoms with Crippen LogP contribution in [0.25, 0.3) is 11.1 Å². The molecule has 15 heteroatoms. The molecule has 0 bridgehead atoms. The Kier molecular flexibility index (Phi) is 10.5. The first-order valence-electron chi connectivity index (χ1n) is 12.6. The minimum atomic E-state index is -1.72. The van der Waals surface area contributed by atoms with E-state index >= 15 is 0 Å². The molecule has 43 heavy (non-hydrogen) atoms. The molecule has 1 fully saturated rings. The van der Waals surface area contributed by atoms with Gasteiger partial charge in [0, 0.05) is 33.3 Å². The normalized spacial score (nSPS) is 21.0. The van der Waals surface area contributed by atoms with Crippen LogP contribution < -0.4 is 10.3 Å². The van der Waals surface area contributed by atoms with Gasteiger partial charge in [0.1, 0.15) is 36.2 Å². The van der Waals surface area contributed by atoms with Crippen molar-refractivity contribution in [3.63, 3.8) is 0 Å². The maximum Gasteiger partial charge on any atom is 0.303 e. The molecule has 1 aliphatic heterocycles. The van der Waals surface area contributed by atoms with Crippen molar-refractivity contribution in [1.82, 2.24) is 4.57 Å². The summed E-state index contributed by atoms with van der Waals surface area (Å²) in [5, 5.41) is 19.9. The molecule has 2 heterocycles. The topological polar surface area (TPSA) is 193 Å². The summed E-state index contributed by atoms with van der Waals surface area (Å²) >= 11 is 4.45. The zero-order chi connectivity index (χ0) is 32.0. The van der Waals surface area contributed by atoms with E-state index in [9.17, 15) is 34.5 Å². The fraction of sp³-hybridized carbons (Fsp3) is 0.393. The molecule has 2 aromatic rings. The van der Waals surface area contributed by atoms with Crippen LogP contribution in [0.15, 0.2) is 34.1 Å². The number of esters is 4. The zero-order valence-corrected chi connectivity index (χ0v) is 24.6. The number of nitriles is 2. The lowest BCUT2D eigenvalue weighted by Crippen LogP contribution is -2.61. The summed E-state index contributed by atoms with van der Waals surface area (Å²) in [6.07, 6.45) is -7.85. The molecule has 0 aliphatic carbocycles. The van der Waals surface area contributed by atoms with Crippen molar-refractivity contribution in [1.29, 1.82) is 10.5 Å². The average molecular weight is 614 g/mol. The van der Waals surface area contributed by atoms with Crippen LogP contribution in [0.5, 0.6) is 5.75 Å². The Balaban J connectivity index is 2.35. The van der Waals surface area contributed by atoms with Gasteiger partial charge in [-0.15, -0.1) is 12.6 Å². The molecule has 3 rings (SSSR count). The first-order valence-corrected chi connectivity index (χ1v) is 13.1. The van der Waals surface area contributed by atoms with Gasteiger partial charge in [0.25, 0.3) is 5.56 Å². The number of methoxy groups -OCH3 is 1. The third-order valence-electron chi connectivity index (χ3n) is 6.21. The molecule has 0 radical (unpaired) electrons. The van der Waals surface area contributed by atoms with Crippen LogP contribution in [0, 0.1) is 22.7 Å². The third kappa shape index (κ3) is 7.14. The Morgan fingerprint density at radius 3 is 1.88 bits per heavy atom. The lowest BCUT2D eigenvalue weighted by Gasteiger charge is -2.45. The molecule has 1 aromatic carbocycles. The van der Waals surface area contributed by atoms with Crippen LogP contribution in [0.2, 0.25) is 0 Å². The Morgan fingerprint density at radius 2 is 1.40 bits per heavy atom. The predicted octanol–water partition coefficient (Wildman–Crippen LogP) is 1.81. The van der Waals surface area contributed by atoms with Gasteiger partial charge >= 0.3 is 23.9 Å². The first-order chi connectivity index (χ1) is 20.3. The van der Waals surface area contributed by atoms with Gasteiger partial charge in [-0.05, 0) is 17.7 Å². The lowest BCUT2D eigenvalue weighted by atomic mass is 9.95. The summed E-state index contributed by atoms with van der Waals surface area (Å²) < 4.78 is 33.3. The zero-order valence-electron chi connectivity index (χ0n) is 23.7. The summed E-state index contributed by atoms with van der Waals surface area (Å²) in [5.41, 5.74) is -1.39. The number of carbonyl (C=O) groups is 4. The second kappa shape index (κ2) is 13.9. The summed E-state index contributed by atoms with van der Waals surface area (Å²) in [7, 11) is 1.46. The van der Waals surface area contributed by atoms with Gasteiger partial charge in [0.2, 0.25) is 0 Å². The second-order valence-corrected chi connectivity index (χ2v) is 9.59. The fourth-order valence-corrected chi connectivity index (χ4v) is 4.95. The van der Waals surface area contributed by atoms with Crippen molar-refractivity contribution in [2.75, 3.05) is 13.7 Å². The number of benzene rings is 1. The number of aromatic nitrogens is 1. The van der Waals surface area contributed by atoms with Crippen molar-refractivity contribution >= 4 is 36.5 Å². The van der Waals surface area contributed by atoms with Crippen molar-refractivity contribution in [2.45, 2.75) is 63.4 Å². The van der Waals surface area contributed by atoms with Crippen LogP contribution >= 0.6 is 12.6 Å². The Labute approximate surface area is 251 Å². The van der Waals surface area contributed by atoms with Crippen LogP contribution in [-0.4, -0.2) is 66.6 Å². The minimum absolute atomic E-state index is 0.0236. The SMILES string of the molecule is COc1ccc(-c2c(C#N)c(S)n([C@@H]3O[C@@H](COC(C)=O)[C@H](OC(C)=O)[C@H](OC(C)=O)[C@@H]3OC(C)=O)c(=O)c2C#N)cc1. The molecule has 1 aliphatic rings. The lowest BCUT2D eigenvalue weighted by molar-refractivity contribution is -0.270. The number of pyridine rings is 1. The van der Waals surface area contributed by atoms with Gasteiger partial charge in [-0.25, -0.2) is 0 Å². The highest BCUT2D eigenvalue weighted by atomic mass is 32.1. The highest BCUT2D eigenvalue weighted by Gasteiger charge is 2.53. The molecule has 1 saturated heterocycles. The van der Waals surface area contributed by atoms with Crippen LogP contribution in [0.1, 0.15) is 45.0 Å². The number of hydrogen-bond donors (Lipinski definition) is 1. The number of ether oxygens (including phenoxy) is 6. The standard InChI is InChI=1S/C28H27N3O11S/c1-13(32)38-12-21-23(39-14(2)33)24(40-15(3)34)25(41-16(4)35)27(42-21)31-26(36)19(10-29)22(20(11-30)28(31)43)17-6-8-18(37-5)9-7-17/h6-9,21,23-25,27,43H,12H2,1-5H3/t21-,23-,24-,25-,27+/m0/s1. The molecule has 0 unspecified atom stereocenters. The van der Waals surface area contributed by atoms with Gasteiger partial charge in [0.05, 0.1) is 17.7 Å². The maximum atomic E-state index is 14.0. The highest BCUT2D eigenvalue weighted by Crippen LogP contribution is 2.38. The van der Waals surface area contributed by atoms with E-state index < -0.39 is 72.3 Å². The van der Waals surface area contributed by atoms with E-state index in [1.165, 1.54) is 7.11 Å². The molecule has 0 amide bonds. The fourth-order valence-electron chi connectivity index (χ4n) is 4.59. The van der Waals surface area contributed by atoms with Gasteiger partial charge in [-0.2, -0.15) is 10.5 Å². The largest absolute Gasteiger partial charge is 0.497 e.